The summed E-state index contributed by atoms with van der Waals surface area (Å²) in [6.45, 7) is 2.44. The summed E-state index contributed by atoms with van der Waals surface area (Å²) in [5.41, 5.74) is 4.70. The number of halogens is 1. The van der Waals surface area contributed by atoms with Gasteiger partial charge >= 0.3 is 0 Å². The van der Waals surface area contributed by atoms with Gasteiger partial charge in [-0.1, -0.05) is 25.1 Å². The number of pyridine rings is 2. The van der Waals surface area contributed by atoms with Crippen LogP contribution in [0.15, 0.2) is 72.0 Å². The SMILES string of the molecule is CCc1nn2c(ncc3c(=O)n(Cc4cccnc4)ccc32)c1-c1ccc(F)cc1. The molecule has 0 aliphatic carbocycles. The highest BCUT2D eigenvalue weighted by Crippen LogP contribution is 2.29. The molecule has 30 heavy (non-hydrogen) atoms. The van der Waals surface area contributed by atoms with Gasteiger partial charge in [-0.05, 0) is 41.8 Å². The molecule has 0 spiro atoms. The molecule has 7 heteroatoms. The van der Waals surface area contributed by atoms with Crippen LogP contribution in [0.1, 0.15) is 18.2 Å². The van der Waals surface area contributed by atoms with E-state index in [2.05, 4.69) is 9.97 Å². The van der Waals surface area contributed by atoms with Crippen molar-refractivity contribution in [1.82, 2.24) is 24.1 Å². The Kier molecular flexibility index (Phi) is 4.35. The number of rotatable bonds is 4. The van der Waals surface area contributed by atoms with E-state index in [0.29, 0.717) is 29.5 Å². The number of hydrogen-bond donors (Lipinski definition) is 0. The summed E-state index contributed by atoms with van der Waals surface area (Å²) in [5.74, 6) is -0.291. The number of fused-ring (bicyclic) bond motifs is 3. The van der Waals surface area contributed by atoms with Gasteiger partial charge in [0.1, 0.15) is 5.82 Å². The minimum absolute atomic E-state index is 0.136. The highest BCUT2D eigenvalue weighted by atomic mass is 19.1. The Hall–Kier alpha value is -3.87. The second kappa shape index (κ2) is 7.18. The van der Waals surface area contributed by atoms with Crippen molar-refractivity contribution in [1.29, 1.82) is 0 Å². The lowest BCUT2D eigenvalue weighted by Gasteiger charge is -2.08. The number of hydrogen-bond acceptors (Lipinski definition) is 4. The summed E-state index contributed by atoms with van der Waals surface area (Å²) in [4.78, 5) is 21.7. The molecule has 0 radical (unpaired) electrons. The van der Waals surface area contributed by atoms with E-state index >= 15 is 0 Å². The molecular formula is C23H18FN5O. The molecule has 0 unspecified atom stereocenters. The molecule has 5 aromatic rings. The van der Waals surface area contributed by atoms with Crippen LogP contribution < -0.4 is 5.56 Å². The first-order chi connectivity index (χ1) is 14.7. The molecule has 1 aromatic carbocycles. The van der Waals surface area contributed by atoms with Crippen molar-refractivity contribution in [3.8, 4) is 11.1 Å². The van der Waals surface area contributed by atoms with Crippen LogP contribution >= 0.6 is 0 Å². The smallest absolute Gasteiger partial charge is 0.261 e. The van der Waals surface area contributed by atoms with Crippen LogP contribution in [-0.2, 0) is 13.0 Å². The fraction of sp³-hybridized carbons (Fsp3) is 0.130. The van der Waals surface area contributed by atoms with Crippen molar-refractivity contribution >= 4 is 16.6 Å². The maximum atomic E-state index is 13.4. The van der Waals surface area contributed by atoms with E-state index in [1.807, 2.05) is 25.1 Å². The molecule has 4 aromatic heterocycles. The largest absolute Gasteiger partial charge is 0.310 e. The lowest BCUT2D eigenvalue weighted by atomic mass is 10.0. The van der Waals surface area contributed by atoms with Gasteiger partial charge in [0.25, 0.3) is 5.56 Å². The molecule has 0 aliphatic heterocycles. The minimum Gasteiger partial charge on any atom is -0.310 e. The van der Waals surface area contributed by atoms with Gasteiger partial charge in [-0.3, -0.25) is 9.78 Å². The first kappa shape index (κ1) is 18.2. The maximum absolute atomic E-state index is 13.4. The average Bonchev–Trinajstić information content (AvgIpc) is 3.16. The molecule has 0 bridgehead atoms. The van der Waals surface area contributed by atoms with Gasteiger partial charge in [0.05, 0.1) is 23.1 Å². The monoisotopic (exact) mass is 399 g/mol. The van der Waals surface area contributed by atoms with Crippen molar-refractivity contribution in [2.75, 3.05) is 0 Å². The van der Waals surface area contributed by atoms with Crippen LogP contribution in [0, 0.1) is 5.82 Å². The maximum Gasteiger partial charge on any atom is 0.261 e. The van der Waals surface area contributed by atoms with E-state index in [0.717, 1.165) is 22.4 Å². The van der Waals surface area contributed by atoms with Gasteiger partial charge in [-0.2, -0.15) is 5.10 Å². The van der Waals surface area contributed by atoms with Crippen LogP contribution in [0.25, 0.3) is 27.7 Å². The molecule has 0 N–H and O–H groups in total. The van der Waals surface area contributed by atoms with Crippen molar-refractivity contribution in [3.05, 3.63) is 94.7 Å². The molecule has 4 heterocycles. The van der Waals surface area contributed by atoms with Gasteiger partial charge in [-0.15, -0.1) is 0 Å². The first-order valence-electron chi connectivity index (χ1n) is 9.70. The molecule has 148 valence electrons. The third kappa shape index (κ3) is 2.95. The van der Waals surface area contributed by atoms with E-state index in [9.17, 15) is 9.18 Å². The Labute approximate surface area is 171 Å². The van der Waals surface area contributed by atoms with Gasteiger partial charge in [0.15, 0.2) is 5.65 Å². The Morgan fingerprint density at radius 3 is 2.63 bits per heavy atom. The fourth-order valence-electron chi connectivity index (χ4n) is 3.73. The lowest BCUT2D eigenvalue weighted by Crippen LogP contribution is -2.21. The molecule has 6 nitrogen and oxygen atoms in total. The third-order valence-corrected chi connectivity index (χ3v) is 5.20. The van der Waals surface area contributed by atoms with Crippen LogP contribution in [0.4, 0.5) is 4.39 Å². The zero-order valence-electron chi connectivity index (χ0n) is 16.3. The molecule has 0 atom stereocenters. The Bertz CT molecular complexity index is 1420. The van der Waals surface area contributed by atoms with Gasteiger partial charge in [-0.25, -0.2) is 13.9 Å². The van der Waals surface area contributed by atoms with E-state index in [1.54, 1.807) is 46.0 Å². The van der Waals surface area contributed by atoms with E-state index in [4.69, 9.17) is 5.10 Å². The topological polar surface area (TPSA) is 65.1 Å². The van der Waals surface area contributed by atoms with Crippen molar-refractivity contribution in [2.45, 2.75) is 19.9 Å². The molecular weight excluding hydrogens is 381 g/mol. The van der Waals surface area contributed by atoms with Crippen molar-refractivity contribution in [2.24, 2.45) is 0 Å². The highest BCUT2D eigenvalue weighted by Gasteiger charge is 2.17. The molecule has 0 saturated heterocycles. The normalized spacial score (nSPS) is 11.4. The summed E-state index contributed by atoms with van der Waals surface area (Å²) in [5, 5.41) is 5.21. The van der Waals surface area contributed by atoms with E-state index in [-0.39, 0.29) is 11.4 Å². The third-order valence-electron chi connectivity index (χ3n) is 5.20. The van der Waals surface area contributed by atoms with Gasteiger partial charge < -0.3 is 4.57 Å². The van der Waals surface area contributed by atoms with Crippen LogP contribution in [-0.4, -0.2) is 24.1 Å². The summed E-state index contributed by atoms with van der Waals surface area (Å²) in [6.07, 6.45) is 7.50. The fourth-order valence-corrected chi connectivity index (χ4v) is 3.73. The Morgan fingerprint density at radius 1 is 1.07 bits per heavy atom. The number of aryl methyl sites for hydroxylation is 1. The summed E-state index contributed by atoms with van der Waals surface area (Å²) in [6, 6.07) is 12.0. The lowest BCUT2D eigenvalue weighted by molar-refractivity contribution is 0.628. The number of aromatic nitrogens is 5. The second-order valence-corrected chi connectivity index (χ2v) is 7.08. The van der Waals surface area contributed by atoms with Crippen LogP contribution in [0.5, 0.6) is 0 Å². The van der Waals surface area contributed by atoms with Crippen molar-refractivity contribution < 1.29 is 4.39 Å². The minimum atomic E-state index is -0.291. The van der Waals surface area contributed by atoms with Crippen LogP contribution in [0.2, 0.25) is 0 Å². The standard InChI is InChI=1S/C23H18FN5O/c1-2-19-21(16-5-7-17(24)8-6-16)22-26-13-18-20(29(22)27-19)9-11-28(23(18)30)14-15-4-3-10-25-12-15/h3-13H,2,14H2,1H3. The van der Waals surface area contributed by atoms with Crippen molar-refractivity contribution in [3.63, 3.8) is 0 Å². The van der Waals surface area contributed by atoms with E-state index in [1.165, 1.54) is 12.1 Å². The quantitative estimate of drug-likeness (QED) is 0.460. The van der Waals surface area contributed by atoms with Crippen LogP contribution in [0.3, 0.4) is 0 Å². The predicted octanol–water partition coefficient (Wildman–Crippen LogP) is 3.86. The molecule has 0 aliphatic rings. The predicted molar refractivity (Wildman–Crippen MR) is 113 cm³/mol. The zero-order valence-corrected chi connectivity index (χ0v) is 16.3. The molecule has 0 saturated carbocycles. The van der Waals surface area contributed by atoms with E-state index < -0.39 is 0 Å². The Balaban J connectivity index is 1.70. The molecule has 0 amide bonds. The average molecular weight is 399 g/mol. The Morgan fingerprint density at radius 2 is 1.90 bits per heavy atom. The number of nitrogens with zero attached hydrogens (tertiary/aromatic N) is 5. The second-order valence-electron chi connectivity index (χ2n) is 7.08. The van der Waals surface area contributed by atoms with Gasteiger partial charge in [0, 0.05) is 30.4 Å². The summed E-state index contributed by atoms with van der Waals surface area (Å²) in [7, 11) is 0. The number of benzene rings is 1. The summed E-state index contributed by atoms with van der Waals surface area (Å²) >= 11 is 0. The highest BCUT2D eigenvalue weighted by molar-refractivity contribution is 5.86. The molecule has 0 fully saturated rings. The zero-order chi connectivity index (χ0) is 20.7. The first-order valence-corrected chi connectivity index (χ1v) is 9.70. The molecule has 5 rings (SSSR count). The summed E-state index contributed by atoms with van der Waals surface area (Å²) < 4.78 is 16.7. The van der Waals surface area contributed by atoms with Gasteiger partial charge in [0.2, 0.25) is 0 Å².